The highest BCUT2D eigenvalue weighted by molar-refractivity contribution is 6.31. The number of nitrogens with one attached hydrogen (secondary N) is 2. The van der Waals surface area contributed by atoms with E-state index in [0.717, 1.165) is 47.5 Å². The number of nitrogens with zero attached hydrogens (tertiary/aromatic N) is 2. The van der Waals surface area contributed by atoms with Gasteiger partial charge in [0.05, 0.1) is 17.6 Å². The van der Waals surface area contributed by atoms with Crippen LogP contribution in [0.25, 0.3) is 11.0 Å². The van der Waals surface area contributed by atoms with Crippen LogP contribution in [0.1, 0.15) is 34.1 Å². The van der Waals surface area contributed by atoms with Crippen LogP contribution in [0.4, 0.5) is 0 Å². The molecule has 1 aliphatic rings. The van der Waals surface area contributed by atoms with Gasteiger partial charge in [-0.3, -0.25) is 4.79 Å². The monoisotopic (exact) mass is 368 g/mol. The standard InChI is InChI=1S/C20H21ClN4O/c1-25(12-19-23-17-7-6-14(21)10-18(17)24-19)20(26)16-5-3-2-4-15(16)13-8-9-22-11-13/h2-7,10,13,22H,8-9,11-12H2,1H3,(H,23,24)/t13-/m1/s1. The van der Waals surface area contributed by atoms with Crippen LogP contribution in [0.2, 0.25) is 5.02 Å². The zero-order valence-electron chi connectivity index (χ0n) is 14.6. The summed E-state index contributed by atoms with van der Waals surface area (Å²) < 4.78 is 0. The van der Waals surface area contributed by atoms with Gasteiger partial charge in [-0.1, -0.05) is 29.8 Å². The van der Waals surface area contributed by atoms with Gasteiger partial charge >= 0.3 is 0 Å². The van der Waals surface area contributed by atoms with Crippen molar-refractivity contribution in [3.8, 4) is 0 Å². The maximum Gasteiger partial charge on any atom is 0.254 e. The number of aromatic amines is 1. The van der Waals surface area contributed by atoms with E-state index in [-0.39, 0.29) is 5.91 Å². The fourth-order valence-corrected chi connectivity index (χ4v) is 3.75. The molecule has 2 aromatic carbocycles. The van der Waals surface area contributed by atoms with Crippen molar-refractivity contribution in [2.45, 2.75) is 18.9 Å². The van der Waals surface area contributed by atoms with E-state index in [1.807, 2.05) is 43.4 Å². The minimum Gasteiger partial charge on any atom is -0.340 e. The van der Waals surface area contributed by atoms with Crippen LogP contribution in [-0.2, 0) is 6.54 Å². The SMILES string of the molecule is CN(Cc1nc2ccc(Cl)cc2[nH]1)C(=O)c1ccccc1[C@@H]1CCNC1. The maximum absolute atomic E-state index is 13.0. The van der Waals surface area contributed by atoms with Crippen LogP contribution in [0.5, 0.6) is 0 Å². The summed E-state index contributed by atoms with van der Waals surface area (Å²) in [5.41, 5.74) is 3.64. The number of fused-ring (bicyclic) bond motifs is 1. The van der Waals surface area contributed by atoms with Crippen LogP contribution < -0.4 is 5.32 Å². The number of imidazole rings is 1. The van der Waals surface area contributed by atoms with Crippen LogP contribution >= 0.6 is 11.6 Å². The van der Waals surface area contributed by atoms with Crippen LogP contribution in [0.15, 0.2) is 42.5 Å². The number of benzene rings is 2. The number of rotatable bonds is 4. The van der Waals surface area contributed by atoms with E-state index in [0.29, 0.717) is 17.5 Å². The second kappa shape index (κ2) is 7.09. The Morgan fingerprint density at radius 1 is 1.31 bits per heavy atom. The molecule has 134 valence electrons. The highest BCUT2D eigenvalue weighted by Gasteiger charge is 2.24. The lowest BCUT2D eigenvalue weighted by molar-refractivity contribution is 0.0780. The van der Waals surface area contributed by atoms with Crippen molar-refractivity contribution >= 4 is 28.5 Å². The lowest BCUT2D eigenvalue weighted by Gasteiger charge is -2.20. The van der Waals surface area contributed by atoms with Crippen molar-refractivity contribution in [1.82, 2.24) is 20.2 Å². The van der Waals surface area contributed by atoms with Gasteiger partial charge < -0.3 is 15.2 Å². The van der Waals surface area contributed by atoms with Gasteiger partial charge in [0.2, 0.25) is 0 Å². The van der Waals surface area contributed by atoms with Crippen LogP contribution in [0, 0.1) is 0 Å². The average molecular weight is 369 g/mol. The predicted octanol–water partition coefficient (Wildman–Crippen LogP) is 3.57. The van der Waals surface area contributed by atoms with E-state index in [4.69, 9.17) is 11.6 Å². The molecule has 0 radical (unpaired) electrons. The van der Waals surface area contributed by atoms with Gasteiger partial charge in [-0.05, 0) is 48.7 Å². The van der Waals surface area contributed by atoms with Gasteiger partial charge in [0.1, 0.15) is 5.82 Å². The van der Waals surface area contributed by atoms with Crippen LogP contribution in [-0.4, -0.2) is 40.9 Å². The fourth-order valence-electron chi connectivity index (χ4n) is 3.58. The number of carbonyl (C=O) groups is 1. The first-order valence-electron chi connectivity index (χ1n) is 8.81. The Labute approximate surface area is 157 Å². The molecule has 2 heterocycles. The minimum absolute atomic E-state index is 0.0194. The summed E-state index contributed by atoms with van der Waals surface area (Å²) in [5.74, 6) is 1.17. The van der Waals surface area contributed by atoms with Gasteiger partial charge in [-0.15, -0.1) is 0 Å². The molecule has 1 aromatic heterocycles. The molecule has 0 unspecified atom stereocenters. The fraction of sp³-hybridized carbons (Fsp3) is 0.300. The van der Waals surface area contributed by atoms with Gasteiger partial charge in [0, 0.05) is 24.2 Å². The minimum atomic E-state index is 0.0194. The van der Waals surface area contributed by atoms with E-state index in [1.54, 1.807) is 4.90 Å². The lowest BCUT2D eigenvalue weighted by atomic mass is 9.93. The first-order chi connectivity index (χ1) is 12.6. The van der Waals surface area contributed by atoms with Crippen molar-refractivity contribution in [3.05, 3.63) is 64.4 Å². The second-order valence-electron chi connectivity index (χ2n) is 6.78. The van der Waals surface area contributed by atoms with E-state index in [2.05, 4.69) is 21.4 Å². The Morgan fingerprint density at radius 2 is 2.15 bits per heavy atom. The molecule has 0 aliphatic carbocycles. The Balaban J connectivity index is 1.56. The van der Waals surface area contributed by atoms with Crippen molar-refractivity contribution < 1.29 is 4.79 Å². The maximum atomic E-state index is 13.0. The highest BCUT2D eigenvalue weighted by Crippen LogP contribution is 2.26. The Hall–Kier alpha value is -2.37. The van der Waals surface area contributed by atoms with E-state index >= 15 is 0 Å². The quantitative estimate of drug-likeness (QED) is 0.740. The Morgan fingerprint density at radius 3 is 2.96 bits per heavy atom. The molecule has 5 nitrogen and oxygen atoms in total. The van der Waals surface area contributed by atoms with Crippen molar-refractivity contribution in [2.24, 2.45) is 0 Å². The topological polar surface area (TPSA) is 61.0 Å². The number of hydrogen-bond acceptors (Lipinski definition) is 3. The third-order valence-corrected chi connectivity index (χ3v) is 5.15. The number of amides is 1. The molecule has 0 bridgehead atoms. The number of H-pyrrole nitrogens is 1. The number of hydrogen-bond donors (Lipinski definition) is 2. The average Bonchev–Trinajstić information content (AvgIpc) is 3.30. The largest absolute Gasteiger partial charge is 0.340 e. The first kappa shape index (κ1) is 17.1. The Kier molecular flexibility index (Phi) is 4.66. The zero-order chi connectivity index (χ0) is 18.1. The van der Waals surface area contributed by atoms with Crippen molar-refractivity contribution in [1.29, 1.82) is 0 Å². The summed E-state index contributed by atoms with van der Waals surface area (Å²) in [6, 6.07) is 13.5. The molecule has 1 fully saturated rings. The smallest absolute Gasteiger partial charge is 0.254 e. The first-order valence-corrected chi connectivity index (χ1v) is 9.19. The van der Waals surface area contributed by atoms with Crippen molar-refractivity contribution in [2.75, 3.05) is 20.1 Å². The van der Waals surface area contributed by atoms with Gasteiger partial charge in [0.15, 0.2) is 0 Å². The van der Waals surface area contributed by atoms with E-state index < -0.39 is 0 Å². The van der Waals surface area contributed by atoms with E-state index in [9.17, 15) is 4.79 Å². The van der Waals surface area contributed by atoms with Gasteiger partial charge in [-0.2, -0.15) is 0 Å². The number of carbonyl (C=O) groups excluding carboxylic acids is 1. The molecule has 4 rings (SSSR count). The number of aromatic nitrogens is 2. The van der Waals surface area contributed by atoms with E-state index in [1.165, 1.54) is 0 Å². The molecule has 1 amide bonds. The zero-order valence-corrected chi connectivity index (χ0v) is 15.4. The summed E-state index contributed by atoms with van der Waals surface area (Å²) in [7, 11) is 1.81. The molecule has 1 aliphatic heterocycles. The summed E-state index contributed by atoms with van der Waals surface area (Å²) in [6.45, 7) is 2.35. The molecule has 3 aromatic rings. The molecule has 2 N–H and O–H groups in total. The molecule has 0 saturated carbocycles. The molecule has 0 spiro atoms. The van der Waals surface area contributed by atoms with Gasteiger partial charge in [-0.25, -0.2) is 4.98 Å². The van der Waals surface area contributed by atoms with Gasteiger partial charge in [0.25, 0.3) is 5.91 Å². The third kappa shape index (κ3) is 3.32. The summed E-state index contributed by atoms with van der Waals surface area (Å²) >= 11 is 6.03. The summed E-state index contributed by atoms with van der Waals surface area (Å²) in [5, 5.41) is 4.04. The third-order valence-electron chi connectivity index (χ3n) is 4.92. The second-order valence-corrected chi connectivity index (χ2v) is 7.22. The summed E-state index contributed by atoms with van der Waals surface area (Å²) in [4.78, 5) is 22.5. The molecule has 26 heavy (non-hydrogen) atoms. The normalized spacial score (nSPS) is 16.9. The molecule has 1 saturated heterocycles. The van der Waals surface area contributed by atoms with Crippen molar-refractivity contribution in [3.63, 3.8) is 0 Å². The molecular formula is C20H21ClN4O. The molecular weight excluding hydrogens is 348 g/mol. The van der Waals surface area contributed by atoms with Crippen LogP contribution in [0.3, 0.4) is 0 Å². The lowest BCUT2D eigenvalue weighted by Crippen LogP contribution is -2.28. The Bertz CT molecular complexity index is 946. The molecule has 1 atom stereocenters. The highest BCUT2D eigenvalue weighted by atomic mass is 35.5. The summed E-state index contributed by atoms with van der Waals surface area (Å²) in [6.07, 6.45) is 1.07. The number of halogens is 1. The predicted molar refractivity (Wildman–Crippen MR) is 104 cm³/mol. The molecule has 6 heteroatoms.